The largest absolute Gasteiger partial charge is 0.484 e. The topological polar surface area (TPSA) is 83.6 Å². The third kappa shape index (κ3) is 4.07. The van der Waals surface area contributed by atoms with Crippen LogP contribution in [0.5, 0.6) is 5.75 Å². The molecule has 29 heavy (non-hydrogen) atoms. The number of aromatic nitrogens is 1. The lowest BCUT2D eigenvalue weighted by atomic mass is 10.1. The third-order valence-corrected chi connectivity index (χ3v) is 6.02. The van der Waals surface area contributed by atoms with Gasteiger partial charge >= 0.3 is 0 Å². The number of allylic oxidation sites excluding steroid dienone is 1. The van der Waals surface area contributed by atoms with Gasteiger partial charge in [-0.1, -0.05) is 42.1 Å². The minimum Gasteiger partial charge on any atom is -0.484 e. The van der Waals surface area contributed by atoms with E-state index in [1.807, 2.05) is 24.4 Å². The lowest BCUT2D eigenvalue weighted by molar-refractivity contribution is -0.128. The molecule has 0 fully saturated rings. The Morgan fingerprint density at radius 2 is 2.07 bits per heavy atom. The summed E-state index contributed by atoms with van der Waals surface area (Å²) in [6.45, 7) is 1.77. The monoisotopic (exact) mass is 410 g/mol. The van der Waals surface area contributed by atoms with Crippen LogP contribution in [0.4, 0.5) is 5.82 Å². The first-order chi connectivity index (χ1) is 14.0. The van der Waals surface area contributed by atoms with Gasteiger partial charge in [-0.25, -0.2) is 4.98 Å². The molecule has 0 aliphatic carbocycles. The number of rotatable bonds is 4. The molecule has 0 saturated carbocycles. The number of carbonyl (C=O) groups is 2. The van der Waals surface area contributed by atoms with Crippen LogP contribution in [0.25, 0.3) is 0 Å². The number of pyridine rings is 1. The van der Waals surface area contributed by atoms with Gasteiger partial charge in [0.15, 0.2) is 16.9 Å². The average molecular weight is 410 g/mol. The predicted octanol–water partition coefficient (Wildman–Crippen LogP) is 2.06. The Bertz CT molecular complexity index is 950. The maximum Gasteiger partial charge on any atom is 0.254 e. The van der Waals surface area contributed by atoms with Crippen LogP contribution < -0.4 is 20.3 Å². The summed E-state index contributed by atoms with van der Waals surface area (Å²) in [7, 11) is 1.64. The minimum atomic E-state index is -0.803. The van der Waals surface area contributed by atoms with Crippen molar-refractivity contribution in [3.05, 3.63) is 65.3 Å². The van der Waals surface area contributed by atoms with Gasteiger partial charge in [0.25, 0.3) is 11.8 Å². The molecule has 150 valence electrons. The Hall–Kier alpha value is -3.00. The Kier molecular flexibility index (Phi) is 5.44. The van der Waals surface area contributed by atoms with Crippen LogP contribution in [0.3, 0.4) is 0 Å². The predicted molar refractivity (Wildman–Crippen MR) is 112 cm³/mol. The Labute approximate surface area is 173 Å². The van der Waals surface area contributed by atoms with E-state index in [4.69, 9.17) is 4.74 Å². The van der Waals surface area contributed by atoms with E-state index in [1.165, 1.54) is 22.2 Å². The summed E-state index contributed by atoms with van der Waals surface area (Å²) in [6, 6.07) is 12.8. The lowest BCUT2D eigenvalue weighted by Gasteiger charge is -2.24. The van der Waals surface area contributed by atoms with Gasteiger partial charge in [-0.05, 0) is 24.6 Å². The van der Waals surface area contributed by atoms with E-state index in [-0.39, 0.29) is 11.8 Å². The van der Waals surface area contributed by atoms with Crippen molar-refractivity contribution in [2.75, 3.05) is 11.9 Å². The molecule has 1 aromatic carbocycles. The number of fused-ring (bicyclic) bond motifs is 1. The van der Waals surface area contributed by atoms with E-state index in [0.717, 1.165) is 11.3 Å². The minimum absolute atomic E-state index is 0.254. The van der Waals surface area contributed by atoms with Gasteiger partial charge in [-0.3, -0.25) is 14.5 Å². The zero-order valence-electron chi connectivity index (χ0n) is 16.2. The number of benzene rings is 1. The number of thioether (sulfide) groups is 1. The smallest absolute Gasteiger partial charge is 0.254 e. The number of carbonyl (C=O) groups excluding carboxylic acids is 2. The SMILES string of the molecule is CC1Oc2cccnc2N(C)C(=O)C1NC(=O)C1NC=C(Cc2ccccc2)S1. The highest BCUT2D eigenvalue weighted by Gasteiger charge is 2.38. The summed E-state index contributed by atoms with van der Waals surface area (Å²) in [6.07, 6.45) is 3.70. The maximum atomic E-state index is 12.9. The zero-order chi connectivity index (χ0) is 20.4. The second-order valence-electron chi connectivity index (χ2n) is 6.97. The molecule has 2 aromatic rings. The van der Waals surface area contributed by atoms with Gasteiger partial charge in [0.2, 0.25) is 0 Å². The van der Waals surface area contributed by atoms with Crippen molar-refractivity contribution in [1.82, 2.24) is 15.6 Å². The molecule has 2 amide bonds. The van der Waals surface area contributed by atoms with Crippen molar-refractivity contribution in [1.29, 1.82) is 0 Å². The molecular formula is C21H22N4O3S. The molecule has 1 aromatic heterocycles. The van der Waals surface area contributed by atoms with Crippen molar-refractivity contribution in [3.63, 3.8) is 0 Å². The van der Waals surface area contributed by atoms with Crippen molar-refractivity contribution in [2.24, 2.45) is 0 Å². The van der Waals surface area contributed by atoms with Crippen LogP contribution in [-0.4, -0.2) is 41.4 Å². The van der Waals surface area contributed by atoms with Gasteiger partial charge in [-0.15, -0.1) is 0 Å². The molecule has 2 aliphatic heterocycles. The van der Waals surface area contributed by atoms with E-state index in [9.17, 15) is 9.59 Å². The molecule has 0 bridgehead atoms. The number of hydrogen-bond acceptors (Lipinski definition) is 6. The van der Waals surface area contributed by atoms with Crippen LogP contribution in [0.2, 0.25) is 0 Å². The number of nitrogens with zero attached hydrogens (tertiary/aromatic N) is 2. The van der Waals surface area contributed by atoms with E-state index in [0.29, 0.717) is 11.6 Å². The van der Waals surface area contributed by atoms with Crippen molar-refractivity contribution in [3.8, 4) is 5.75 Å². The zero-order valence-corrected chi connectivity index (χ0v) is 17.0. The number of amides is 2. The first-order valence-corrected chi connectivity index (χ1v) is 10.3. The van der Waals surface area contributed by atoms with E-state index in [1.54, 1.807) is 32.3 Å². The van der Waals surface area contributed by atoms with Crippen molar-refractivity contribution < 1.29 is 14.3 Å². The molecule has 3 unspecified atom stereocenters. The van der Waals surface area contributed by atoms with Crippen LogP contribution in [0.1, 0.15) is 12.5 Å². The Morgan fingerprint density at radius 3 is 2.86 bits per heavy atom. The summed E-state index contributed by atoms with van der Waals surface area (Å²) in [5, 5.41) is 5.47. The van der Waals surface area contributed by atoms with Crippen LogP contribution in [0.15, 0.2) is 59.8 Å². The normalized spacial score (nSPS) is 23.4. The fourth-order valence-corrected chi connectivity index (χ4v) is 4.32. The molecule has 0 radical (unpaired) electrons. The molecule has 7 nitrogen and oxygen atoms in total. The molecule has 4 rings (SSSR count). The van der Waals surface area contributed by atoms with Crippen molar-refractivity contribution >= 4 is 29.4 Å². The highest BCUT2D eigenvalue weighted by atomic mass is 32.2. The molecular weight excluding hydrogens is 388 g/mol. The molecule has 3 heterocycles. The highest BCUT2D eigenvalue weighted by Crippen LogP contribution is 2.31. The standard InChI is InChI=1S/C21H22N4O3S/c1-13-17(21(27)25(2)18-16(28-13)9-6-10-22-18)24-19(26)20-23-12-15(29-20)11-14-7-4-3-5-8-14/h3-10,12-13,17,20,23H,11H2,1-2H3,(H,24,26). The molecule has 0 saturated heterocycles. The van der Waals surface area contributed by atoms with E-state index < -0.39 is 17.5 Å². The van der Waals surface area contributed by atoms with E-state index >= 15 is 0 Å². The third-order valence-electron chi connectivity index (χ3n) is 4.87. The van der Waals surface area contributed by atoms with Crippen LogP contribution in [-0.2, 0) is 16.0 Å². The average Bonchev–Trinajstić information content (AvgIpc) is 3.17. The van der Waals surface area contributed by atoms with Gasteiger partial charge in [0.05, 0.1) is 0 Å². The van der Waals surface area contributed by atoms with Crippen LogP contribution in [0, 0.1) is 0 Å². The maximum absolute atomic E-state index is 12.9. The quantitative estimate of drug-likeness (QED) is 0.803. The molecule has 0 spiro atoms. The first-order valence-electron chi connectivity index (χ1n) is 9.38. The summed E-state index contributed by atoms with van der Waals surface area (Å²) in [4.78, 5) is 32.5. The summed E-state index contributed by atoms with van der Waals surface area (Å²) in [5.41, 5.74) is 1.18. The summed E-state index contributed by atoms with van der Waals surface area (Å²) in [5.74, 6) is 0.452. The van der Waals surface area contributed by atoms with Crippen molar-refractivity contribution in [2.45, 2.75) is 30.9 Å². The first kappa shape index (κ1) is 19.3. The summed E-state index contributed by atoms with van der Waals surface area (Å²) >= 11 is 1.46. The Balaban J connectivity index is 1.40. The molecule has 3 atom stereocenters. The van der Waals surface area contributed by atoms with Gasteiger partial charge in [0.1, 0.15) is 12.1 Å². The van der Waals surface area contributed by atoms with Gasteiger partial charge < -0.3 is 15.4 Å². The fraction of sp³-hybridized carbons (Fsp3) is 0.286. The highest BCUT2D eigenvalue weighted by molar-refractivity contribution is 8.04. The molecule has 2 N–H and O–H groups in total. The fourth-order valence-electron chi connectivity index (χ4n) is 3.32. The molecule has 8 heteroatoms. The lowest BCUT2D eigenvalue weighted by Crippen LogP contribution is -2.55. The number of nitrogens with one attached hydrogen (secondary N) is 2. The van der Waals surface area contributed by atoms with E-state index in [2.05, 4.69) is 27.8 Å². The van der Waals surface area contributed by atoms with Gasteiger partial charge in [0, 0.05) is 30.8 Å². The number of ether oxygens (including phenoxy) is 1. The number of anilines is 1. The van der Waals surface area contributed by atoms with Gasteiger partial charge in [-0.2, -0.15) is 0 Å². The molecule has 2 aliphatic rings. The number of hydrogen-bond donors (Lipinski definition) is 2. The van der Waals surface area contributed by atoms with Crippen LogP contribution >= 0.6 is 11.8 Å². The second-order valence-corrected chi connectivity index (χ2v) is 8.20. The summed E-state index contributed by atoms with van der Waals surface area (Å²) < 4.78 is 5.89. The Morgan fingerprint density at radius 1 is 1.28 bits per heavy atom. The second kappa shape index (κ2) is 8.16. The number of likely N-dealkylation sites (N-methyl/N-ethyl adjacent to an activating group) is 1.